The van der Waals surface area contributed by atoms with E-state index in [1.807, 2.05) is 13.8 Å². The summed E-state index contributed by atoms with van der Waals surface area (Å²) in [5.41, 5.74) is 6.24. The molecule has 4 N–H and O–H groups in total. The Morgan fingerprint density at radius 2 is 1.91 bits per heavy atom. The molecule has 4 nitrogen and oxygen atoms in total. The third-order valence-electron chi connectivity index (χ3n) is 5.29. The highest BCUT2D eigenvalue weighted by molar-refractivity contribution is 5.78. The Kier molecular flexibility index (Phi) is 9.80. The average Bonchev–Trinajstić information content (AvgIpc) is 2.53. The van der Waals surface area contributed by atoms with Gasteiger partial charge in [-0.3, -0.25) is 4.79 Å². The monoisotopic (exact) mass is 326 g/mol. The highest BCUT2D eigenvalue weighted by Crippen LogP contribution is 2.28. The maximum Gasteiger partial charge on any atom is 0.223 e. The van der Waals surface area contributed by atoms with Crippen LogP contribution in [-0.4, -0.2) is 29.7 Å². The largest absolute Gasteiger partial charge is 0.391 e. The second kappa shape index (κ2) is 11.0. The van der Waals surface area contributed by atoms with Crippen molar-refractivity contribution in [3.05, 3.63) is 0 Å². The van der Waals surface area contributed by atoms with E-state index in [-0.39, 0.29) is 23.8 Å². The van der Waals surface area contributed by atoms with Gasteiger partial charge < -0.3 is 16.2 Å². The van der Waals surface area contributed by atoms with Crippen LogP contribution in [0.5, 0.6) is 0 Å². The molecule has 0 bridgehead atoms. The highest BCUT2D eigenvalue weighted by Gasteiger charge is 2.29. The van der Waals surface area contributed by atoms with Crippen LogP contribution in [0.1, 0.15) is 78.6 Å². The fourth-order valence-electron chi connectivity index (χ4n) is 3.60. The minimum atomic E-state index is -0.582. The van der Waals surface area contributed by atoms with Gasteiger partial charge in [-0.1, -0.05) is 59.3 Å². The van der Waals surface area contributed by atoms with Crippen molar-refractivity contribution in [1.29, 1.82) is 0 Å². The van der Waals surface area contributed by atoms with Crippen LogP contribution < -0.4 is 11.1 Å². The lowest BCUT2D eigenvalue weighted by Gasteiger charge is -2.29. The molecule has 3 atom stereocenters. The molecule has 0 radical (unpaired) electrons. The van der Waals surface area contributed by atoms with E-state index in [4.69, 9.17) is 5.73 Å². The van der Waals surface area contributed by atoms with Gasteiger partial charge in [-0.15, -0.1) is 0 Å². The number of unbranched alkanes of at least 4 members (excludes halogenated alkanes) is 1. The number of hydrogen-bond donors (Lipinski definition) is 3. The summed E-state index contributed by atoms with van der Waals surface area (Å²) in [5.74, 6) is 0.786. The summed E-state index contributed by atoms with van der Waals surface area (Å²) < 4.78 is 0. The van der Waals surface area contributed by atoms with E-state index in [2.05, 4.69) is 12.2 Å². The Morgan fingerprint density at radius 1 is 1.26 bits per heavy atom. The van der Waals surface area contributed by atoms with Crippen LogP contribution in [0.15, 0.2) is 0 Å². The van der Waals surface area contributed by atoms with Crippen LogP contribution in [0.2, 0.25) is 0 Å². The summed E-state index contributed by atoms with van der Waals surface area (Å²) >= 11 is 0. The van der Waals surface area contributed by atoms with Crippen molar-refractivity contribution in [1.82, 2.24) is 5.32 Å². The van der Waals surface area contributed by atoms with E-state index in [1.165, 1.54) is 32.1 Å². The van der Waals surface area contributed by atoms with Gasteiger partial charge in [-0.25, -0.2) is 0 Å². The third kappa shape index (κ3) is 7.67. The van der Waals surface area contributed by atoms with Gasteiger partial charge in [-0.05, 0) is 31.1 Å². The first-order valence-electron chi connectivity index (χ1n) is 9.67. The standard InChI is InChI=1S/C19H38N2O2/c1-4-5-11-21-19(23)16(14(2)3)13-18(22)17(20)12-15-9-7-6-8-10-15/h14-18,22H,4-13,20H2,1-3H3,(H,21,23)/t16-,17-,18-/m0/s1. The van der Waals surface area contributed by atoms with Crippen molar-refractivity contribution in [2.45, 2.75) is 90.7 Å². The van der Waals surface area contributed by atoms with Gasteiger partial charge in [0.05, 0.1) is 6.10 Å². The third-order valence-corrected chi connectivity index (χ3v) is 5.29. The molecule has 1 aliphatic carbocycles. The van der Waals surface area contributed by atoms with Crippen LogP contribution in [0, 0.1) is 17.8 Å². The molecule has 4 heteroatoms. The molecule has 23 heavy (non-hydrogen) atoms. The second-order valence-electron chi connectivity index (χ2n) is 7.70. The van der Waals surface area contributed by atoms with Gasteiger partial charge in [0.1, 0.15) is 0 Å². The van der Waals surface area contributed by atoms with Crippen molar-refractivity contribution < 1.29 is 9.90 Å². The summed E-state index contributed by atoms with van der Waals surface area (Å²) in [6, 6.07) is -0.206. The topological polar surface area (TPSA) is 75.3 Å². The maximum atomic E-state index is 12.3. The number of nitrogens with one attached hydrogen (secondary N) is 1. The van der Waals surface area contributed by atoms with Crippen LogP contribution in [0.3, 0.4) is 0 Å². The fourth-order valence-corrected chi connectivity index (χ4v) is 3.60. The predicted octanol–water partition coefficient (Wildman–Crippen LogP) is 3.22. The number of nitrogens with two attached hydrogens (primary N) is 1. The number of aliphatic hydroxyl groups excluding tert-OH is 1. The molecule has 1 rings (SSSR count). The quantitative estimate of drug-likeness (QED) is 0.540. The molecule has 0 spiro atoms. The van der Waals surface area contributed by atoms with Gasteiger partial charge in [0.15, 0.2) is 0 Å². The molecule has 0 aromatic carbocycles. The van der Waals surface area contributed by atoms with Gasteiger partial charge >= 0.3 is 0 Å². The SMILES string of the molecule is CCCCNC(=O)[C@@H](C[C@H](O)[C@@H](N)CC1CCCCC1)C(C)C. The van der Waals surface area contributed by atoms with Gasteiger partial charge in [0, 0.05) is 18.5 Å². The number of carbonyl (C=O) groups is 1. The van der Waals surface area contributed by atoms with E-state index in [1.54, 1.807) is 0 Å². The highest BCUT2D eigenvalue weighted by atomic mass is 16.3. The smallest absolute Gasteiger partial charge is 0.223 e. The molecular formula is C19H38N2O2. The lowest BCUT2D eigenvalue weighted by Crippen LogP contribution is -2.42. The number of rotatable bonds is 10. The van der Waals surface area contributed by atoms with Gasteiger partial charge in [-0.2, -0.15) is 0 Å². The van der Waals surface area contributed by atoms with Crippen molar-refractivity contribution in [3.8, 4) is 0 Å². The summed E-state index contributed by atoms with van der Waals surface area (Å²) in [6.45, 7) is 6.93. The number of hydrogen-bond acceptors (Lipinski definition) is 3. The zero-order chi connectivity index (χ0) is 17.2. The molecule has 0 heterocycles. The summed E-state index contributed by atoms with van der Waals surface area (Å²) in [7, 11) is 0. The molecule has 1 fully saturated rings. The molecule has 1 saturated carbocycles. The molecule has 0 aromatic heterocycles. The number of aliphatic hydroxyl groups is 1. The first-order chi connectivity index (χ1) is 11.0. The lowest BCUT2D eigenvalue weighted by atomic mass is 9.81. The van der Waals surface area contributed by atoms with Crippen molar-refractivity contribution in [3.63, 3.8) is 0 Å². The van der Waals surface area contributed by atoms with Crippen LogP contribution in [0.25, 0.3) is 0 Å². The molecule has 0 unspecified atom stereocenters. The molecule has 1 aliphatic rings. The van der Waals surface area contributed by atoms with Crippen LogP contribution >= 0.6 is 0 Å². The zero-order valence-corrected chi connectivity index (χ0v) is 15.4. The summed E-state index contributed by atoms with van der Waals surface area (Å²) in [5, 5.41) is 13.5. The molecule has 0 saturated heterocycles. The fraction of sp³-hybridized carbons (Fsp3) is 0.947. The van der Waals surface area contributed by atoms with E-state index in [9.17, 15) is 9.90 Å². The predicted molar refractivity (Wildman–Crippen MR) is 96.0 cm³/mol. The Balaban J connectivity index is 2.45. The van der Waals surface area contributed by atoms with Crippen molar-refractivity contribution in [2.24, 2.45) is 23.5 Å². The van der Waals surface area contributed by atoms with Crippen LogP contribution in [0.4, 0.5) is 0 Å². The molecule has 136 valence electrons. The summed E-state index contributed by atoms with van der Waals surface area (Å²) in [4.78, 5) is 12.3. The summed E-state index contributed by atoms with van der Waals surface area (Å²) in [6.07, 6.45) is 9.26. The second-order valence-corrected chi connectivity index (χ2v) is 7.70. The first kappa shape index (κ1) is 20.4. The number of carbonyl (C=O) groups excluding carboxylic acids is 1. The Labute approximate surface area is 142 Å². The van der Waals surface area contributed by atoms with Crippen molar-refractivity contribution >= 4 is 5.91 Å². The average molecular weight is 327 g/mol. The Bertz CT molecular complexity index is 327. The number of amides is 1. The minimum absolute atomic E-state index is 0.0670. The van der Waals surface area contributed by atoms with E-state index < -0.39 is 6.10 Å². The van der Waals surface area contributed by atoms with Crippen molar-refractivity contribution in [2.75, 3.05) is 6.54 Å². The Hall–Kier alpha value is -0.610. The zero-order valence-electron chi connectivity index (χ0n) is 15.4. The Morgan fingerprint density at radius 3 is 2.48 bits per heavy atom. The molecule has 0 aliphatic heterocycles. The molecule has 0 aromatic rings. The van der Waals surface area contributed by atoms with Gasteiger partial charge in [0.25, 0.3) is 0 Å². The normalized spacial score (nSPS) is 20.3. The first-order valence-corrected chi connectivity index (χ1v) is 9.67. The van der Waals surface area contributed by atoms with Gasteiger partial charge in [0.2, 0.25) is 5.91 Å². The van der Waals surface area contributed by atoms with Crippen LogP contribution in [-0.2, 0) is 4.79 Å². The maximum absolute atomic E-state index is 12.3. The molecular weight excluding hydrogens is 288 g/mol. The minimum Gasteiger partial charge on any atom is -0.391 e. The lowest BCUT2D eigenvalue weighted by molar-refractivity contribution is -0.127. The van der Waals surface area contributed by atoms with E-state index >= 15 is 0 Å². The van der Waals surface area contributed by atoms with E-state index in [0.717, 1.165) is 25.8 Å². The van der Waals surface area contributed by atoms with E-state index in [0.29, 0.717) is 12.3 Å². The molecule has 1 amide bonds.